The van der Waals surface area contributed by atoms with Crippen LogP contribution in [0, 0.1) is 0 Å². The lowest BCUT2D eigenvalue weighted by Gasteiger charge is -2.25. The van der Waals surface area contributed by atoms with Crippen molar-refractivity contribution in [2.24, 2.45) is 0 Å². The van der Waals surface area contributed by atoms with Crippen molar-refractivity contribution >= 4 is 40.3 Å². The fourth-order valence-corrected chi connectivity index (χ4v) is 3.97. The van der Waals surface area contributed by atoms with Crippen molar-refractivity contribution in [3.63, 3.8) is 0 Å². The van der Waals surface area contributed by atoms with Crippen LogP contribution in [0.3, 0.4) is 0 Å². The molecule has 1 atom stereocenters. The second-order valence-electron chi connectivity index (χ2n) is 6.39. The van der Waals surface area contributed by atoms with Crippen molar-refractivity contribution in [1.82, 2.24) is 0 Å². The average molecular weight is 408 g/mol. The second kappa shape index (κ2) is 7.40. The normalized spacial score (nSPS) is 16.4. The van der Waals surface area contributed by atoms with E-state index in [1.165, 1.54) is 29.4 Å². The van der Waals surface area contributed by atoms with Crippen molar-refractivity contribution in [2.45, 2.75) is 13.0 Å². The van der Waals surface area contributed by atoms with Crippen molar-refractivity contribution in [3.8, 4) is 0 Å². The Balaban J connectivity index is 1.82. The lowest BCUT2D eigenvalue weighted by Crippen LogP contribution is -2.30. The third-order valence-electron chi connectivity index (χ3n) is 4.46. The van der Waals surface area contributed by atoms with Gasteiger partial charge in [-0.1, -0.05) is 12.1 Å². The van der Waals surface area contributed by atoms with Crippen LogP contribution in [0.4, 0.5) is 11.4 Å². The first kappa shape index (κ1) is 18.7. The van der Waals surface area contributed by atoms with Crippen molar-refractivity contribution in [3.05, 3.63) is 82.1 Å². The number of hydrogen-bond acceptors (Lipinski definition) is 6. The topological polar surface area (TPSA) is 99.9 Å². The number of nitrogens with zero attached hydrogens (tertiary/aromatic N) is 1. The quantitative estimate of drug-likeness (QED) is 0.620. The lowest BCUT2D eigenvalue weighted by atomic mass is 10.00. The van der Waals surface area contributed by atoms with Crippen LogP contribution < -0.4 is 10.2 Å². The van der Waals surface area contributed by atoms with Crippen LogP contribution >= 0.6 is 11.3 Å². The number of hydrogen-bond donors (Lipinski definition) is 2. The van der Waals surface area contributed by atoms with E-state index in [2.05, 4.69) is 5.32 Å². The highest BCUT2D eigenvalue weighted by atomic mass is 32.1. The number of thiophene rings is 1. The van der Waals surface area contributed by atoms with Gasteiger partial charge >= 0.3 is 0 Å². The van der Waals surface area contributed by atoms with Gasteiger partial charge in [-0.2, -0.15) is 0 Å². The first-order chi connectivity index (χ1) is 14.0. The van der Waals surface area contributed by atoms with E-state index in [4.69, 9.17) is 4.42 Å². The number of carbonyl (C=O) groups excluding carboxylic acids is 3. The molecule has 3 heterocycles. The molecule has 4 rings (SSSR count). The zero-order chi connectivity index (χ0) is 20.5. The Kier molecular flexibility index (Phi) is 4.77. The molecule has 0 saturated heterocycles. The molecule has 0 bridgehead atoms. The maximum absolute atomic E-state index is 13.1. The monoisotopic (exact) mass is 408 g/mol. The Labute approximate surface area is 169 Å². The molecule has 0 saturated carbocycles. The van der Waals surface area contributed by atoms with Gasteiger partial charge in [0.2, 0.25) is 11.7 Å². The smallest absolute Gasteiger partial charge is 0.294 e. The first-order valence-electron chi connectivity index (χ1n) is 8.73. The maximum atomic E-state index is 13.1. The van der Waals surface area contributed by atoms with Crippen LogP contribution in [-0.4, -0.2) is 22.7 Å². The van der Waals surface area contributed by atoms with E-state index < -0.39 is 23.5 Å². The van der Waals surface area contributed by atoms with Gasteiger partial charge in [-0.3, -0.25) is 19.3 Å². The number of nitrogens with one attached hydrogen (secondary N) is 1. The van der Waals surface area contributed by atoms with Gasteiger partial charge in [0, 0.05) is 18.3 Å². The molecule has 0 fully saturated rings. The molecular formula is C21H16N2O5S. The zero-order valence-electron chi connectivity index (χ0n) is 15.3. The minimum absolute atomic E-state index is 0.0441. The van der Waals surface area contributed by atoms with Crippen molar-refractivity contribution in [2.75, 3.05) is 10.2 Å². The molecule has 2 N–H and O–H groups in total. The van der Waals surface area contributed by atoms with E-state index in [-0.39, 0.29) is 11.5 Å². The van der Waals surface area contributed by atoms with Crippen LogP contribution in [0.15, 0.2) is 75.9 Å². The summed E-state index contributed by atoms with van der Waals surface area (Å²) in [6.07, 6.45) is 1.44. The Morgan fingerprint density at radius 2 is 2.00 bits per heavy atom. The van der Waals surface area contributed by atoms with Gasteiger partial charge in [-0.15, -0.1) is 11.3 Å². The molecule has 0 spiro atoms. The summed E-state index contributed by atoms with van der Waals surface area (Å²) in [5.41, 5.74) is 0.846. The van der Waals surface area contributed by atoms with E-state index in [0.717, 1.165) is 0 Å². The van der Waals surface area contributed by atoms with E-state index in [9.17, 15) is 19.5 Å². The molecule has 2 aromatic heterocycles. The van der Waals surface area contributed by atoms with Crippen LogP contribution in [0.2, 0.25) is 0 Å². The second-order valence-corrected chi connectivity index (χ2v) is 7.34. The van der Waals surface area contributed by atoms with Crippen LogP contribution in [0.25, 0.3) is 0 Å². The molecular weight excluding hydrogens is 392 g/mol. The van der Waals surface area contributed by atoms with Crippen LogP contribution in [0.1, 0.15) is 28.4 Å². The Morgan fingerprint density at radius 1 is 1.17 bits per heavy atom. The number of ketones is 1. The van der Waals surface area contributed by atoms with Crippen molar-refractivity contribution in [1.29, 1.82) is 0 Å². The summed E-state index contributed by atoms with van der Waals surface area (Å²) in [4.78, 5) is 39.1. The van der Waals surface area contributed by atoms with Gasteiger partial charge in [0.15, 0.2) is 5.76 Å². The number of aliphatic hydroxyl groups is 1. The third-order valence-corrected chi connectivity index (χ3v) is 5.32. The summed E-state index contributed by atoms with van der Waals surface area (Å²) in [6.45, 7) is 1.38. The Bertz CT molecular complexity index is 1120. The number of amides is 2. The minimum Gasteiger partial charge on any atom is -0.503 e. The standard InChI is InChI=1S/C21H16N2O5S/c1-12(24)22-13-5-2-6-14(11-13)23-18(15-7-3-9-28-15)17(20(26)21(23)27)19(25)16-8-4-10-29-16/h2-11,18,26H,1H3,(H,22,24). The first-order valence-corrected chi connectivity index (χ1v) is 9.61. The van der Waals surface area contributed by atoms with E-state index in [0.29, 0.717) is 22.0 Å². The van der Waals surface area contributed by atoms with Crippen molar-refractivity contribution < 1.29 is 23.9 Å². The van der Waals surface area contributed by atoms with Gasteiger partial charge in [0.1, 0.15) is 11.8 Å². The summed E-state index contributed by atoms with van der Waals surface area (Å²) >= 11 is 1.22. The van der Waals surface area contributed by atoms with E-state index in [1.54, 1.807) is 53.9 Å². The summed E-state index contributed by atoms with van der Waals surface area (Å²) in [6, 6.07) is 12.3. The van der Waals surface area contributed by atoms with Gasteiger partial charge in [0.25, 0.3) is 5.91 Å². The molecule has 7 nitrogen and oxygen atoms in total. The largest absolute Gasteiger partial charge is 0.503 e. The molecule has 0 aliphatic carbocycles. The molecule has 1 unspecified atom stereocenters. The zero-order valence-corrected chi connectivity index (χ0v) is 16.1. The highest BCUT2D eigenvalue weighted by molar-refractivity contribution is 7.12. The van der Waals surface area contributed by atoms with Gasteiger partial charge < -0.3 is 14.8 Å². The molecule has 1 aliphatic rings. The fraction of sp³-hybridized carbons (Fsp3) is 0.0952. The number of anilines is 2. The summed E-state index contributed by atoms with van der Waals surface area (Å²) < 4.78 is 5.50. The summed E-state index contributed by atoms with van der Waals surface area (Å²) in [7, 11) is 0. The fourth-order valence-electron chi connectivity index (χ4n) is 3.30. The number of rotatable bonds is 5. The van der Waals surface area contributed by atoms with Gasteiger partial charge in [0.05, 0.1) is 16.7 Å². The Hall–Kier alpha value is -3.65. The third kappa shape index (κ3) is 3.34. The summed E-state index contributed by atoms with van der Waals surface area (Å²) in [5.74, 6) is -1.69. The van der Waals surface area contributed by atoms with Crippen LogP contribution in [-0.2, 0) is 9.59 Å². The number of furan rings is 1. The molecule has 3 aromatic rings. The van der Waals surface area contributed by atoms with Gasteiger partial charge in [-0.05, 0) is 41.8 Å². The predicted molar refractivity (Wildman–Crippen MR) is 108 cm³/mol. The molecule has 29 heavy (non-hydrogen) atoms. The number of aliphatic hydroxyl groups excluding tert-OH is 1. The highest BCUT2D eigenvalue weighted by Crippen LogP contribution is 2.42. The number of carbonyl (C=O) groups is 3. The maximum Gasteiger partial charge on any atom is 0.294 e. The van der Waals surface area contributed by atoms with Gasteiger partial charge in [-0.25, -0.2) is 0 Å². The van der Waals surface area contributed by atoms with E-state index >= 15 is 0 Å². The van der Waals surface area contributed by atoms with E-state index in [1.807, 2.05) is 0 Å². The van der Waals surface area contributed by atoms with Crippen LogP contribution in [0.5, 0.6) is 0 Å². The molecule has 8 heteroatoms. The lowest BCUT2D eigenvalue weighted by molar-refractivity contribution is -0.117. The number of Topliss-reactive ketones (excluding diaryl/α,β-unsaturated/α-hetero) is 1. The Morgan fingerprint density at radius 3 is 2.66 bits per heavy atom. The average Bonchev–Trinajstić information content (AvgIpc) is 3.43. The molecule has 2 amide bonds. The number of benzene rings is 1. The molecule has 1 aliphatic heterocycles. The minimum atomic E-state index is -0.931. The molecule has 0 radical (unpaired) electrons. The molecule has 146 valence electrons. The summed E-state index contributed by atoms with van der Waals surface area (Å²) in [5, 5.41) is 15.0. The predicted octanol–water partition coefficient (Wildman–Crippen LogP) is 4.08. The highest BCUT2D eigenvalue weighted by Gasteiger charge is 2.46. The SMILES string of the molecule is CC(=O)Nc1cccc(N2C(=O)C(O)=C(C(=O)c3cccs3)C2c2ccco2)c1. The molecule has 1 aromatic carbocycles.